The molecule has 0 saturated heterocycles. The first-order valence-electron chi connectivity index (χ1n) is 4.62. The van der Waals surface area contributed by atoms with Gasteiger partial charge in [-0.05, 0) is 19.8 Å². The average Bonchev–Trinajstić information content (AvgIpc) is 2.23. The summed E-state index contributed by atoms with van der Waals surface area (Å²) >= 11 is 0. The highest BCUT2D eigenvalue weighted by Gasteiger charge is 2.25. The zero-order valence-electron chi connectivity index (χ0n) is 8.46. The van der Waals surface area contributed by atoms with Crippen LogP contribution in [0.3, 0.4) is 0 Å². The Labute approximate surface area is 89.1 Å². The van der Waals surface area contributed by atoms with E-state index >= 15 is 0 Å². The van der Waals surface area contributed by atoms with Crippen LogP contribution in [0, 0.1) is 29.1 Å². The van der Waals surface area contributed by atoms with Crippen molar-refractivity contribution in [3.05, 3.63) is 34.6 Å². The maximum Gasteiger partial charge on any atom is 0.200 e. The number of hydrogen-bond donors (Lipinski definition) is 1. The maximum atomic E-state index is 13.1. The number of benzene rings is 1. The molecular formula is C10H10F5N. The van der Waals surface area contributed by atoms with E-state index < -0.39 is 34.6 Å². The fraction of sp³-hybridized carbons (Fsp3) is 0.400. The average molecular weight is 239 g/mol. The first-order chi connectivity index (χ1) is 7.36. The van der Waals surface area contributed by atoms with Gasteiger partial charge in [0, 0.05) is 11.6 Å². The van der Waals surface area contributed by atoms with Crippen LogP contribution in [0.4, 0.5) is 22.0 Å². The van der Waals surface area contributed by atoms with Gasteiger partial charge >= 0.3 is 0 Å². The second-order valence-electron chi connectivity index (χ2n) is 3.56. The molecule has 1 nitrogen and oxygen atoms in total. The second kappa shape index (κ2) is 4.78. The van der Waals surface area contributed by atoms with Crippen LogP contribution >= 0.6 is 0 Å². The summed E-state index contributed by atoms with van der Waals surface area (Å²) < 4.78 is 64.3. The molecular weight excluding hydrogens is 229 g/mol. The number of nitrogens with two attached hydrogens (primary N) is 1. The minimum atomic E-state index is -2.14. The molecule has 6 heteroatoms. The molecule has 0 aliphatic heterocycles. The van der Waals surface area contributed by atoms with Gasteiger partial charge in [0.1, 0.15) is 0 Å². The van der Waals surface area contributed by atoms with E-state index in [9.17, 15) is 22.0 Å². The SMILES string of the molecule is C[C@@H](N)CCc1c(F)c(F)c(F)c(F)c1F. The van der Waals surface area contributed by atoms with Crippen LogP contribution < -0.4 is 5.73 Å². The van der Waals surface area contributed by atoms with Crippen LogP contribution in [0.5, 0.6) is 0 Å². The lowest BCUT2D eigenvalue weighted by molar-refractivity contribution is 0.368. The van der Waals surface area contributed by atoms with Crippen molar-refractivity contribution in [1.82, 2.24) is 0 Å². The van der Waals surface area contributed by atoms with Gasteiger partial charge < -0.3 is 5.73 Å². The van der Waals surface area contributed by atoms with E-state index in [0.29, 0.717) is 0 Å². The molecule has 0 aromatic heterocycles. The van der Waals surface area contributed by atoms with Gasteiger partial charge in [-0.25, -0.2) is 22.0 Å². The fourth-order valence-corrected chi connectivity index (χ4v) is 1.24. The normalized spacial score (nSPS) is 12.9. The molecule has 0 fully saturated rings. The third-order valence-electron chi connectivity index (χ3n) is 2.15. The third kappa shape index (κ3) is 2.32. The van der Waals surface area contributed by atoms with Gasteiger partial charge in [-0.15, -0.1) is 0 Å². The van der Waals surface area contributed by atoms with Gasteiger partial charge in [0.15, 0.2) is 23.3 Å². The van der Waals surface area contributed by atoms with Gasteiger partial charge in [0.2, 0.25) is 5.82 Å². The van der Waals surface area contributed by atoms with Crippen LogP contribution in [-0.4, -0.2) is 6.04 Å². The minimum absolute atomic E-state index is 0.137. The van der Waals surface area contributed by atoms with E-state index in [2.05, 4.69) is 0 Å². The van der Waals surface area contributed by atoms with Crippen LogP contribution in [0.1, 0.15) is 18.9 Å². The Kier molecular flexibility index (Phi) is 3.85. The maximum absolute atomic E-state index is 13.1. The Morgan fingerprint density at radius 1 is 0.875 bits per heavy atom. The molecule has 0 heterocycles. The molecule has 0 unspecified atom stereocenters. The molecule has 0 aliphatic rings. The molecule has 2 N–H and O–H groups in total. The standard InChI is InChI=1S/C10H10F5N/c1-4(16)2-3-5-6(11)8(13)10(15)9(14)7(5)12/h4H,2-3,16H2,1H3/t4-/m1/s1. The highest BCUT2D eigenvalue weighted by atomic mass is 19.2. The highest BCUT2D eigenvalue weighted by Crippen LogP contribution is 2.24. The second-order valence-corrected chi connectivity index (χ2v) is 3.56. The fourth-order valence-electron chi connectivity index (χ4n) is 1.24. The van der Waals surface area contributed by atoms with Crippen molar-refractivity contribution in [2.45, 2.75) is 25.8 Å². The largest absolute Gasteiger partial charge is 0.328 e. The lowest BCUT2D eigenvalue weighted by atomic mass is 10.0. The summed E-state index contributed by atoms with van der Waals surface area (Å²) in [7, 11) is 0. The van der Waals surface area contributed by atoms with E-state index in [4.69, 9.17) is 5.73 Å². The summed E-state index contributed by atoms with van der Waals surface area (Å²) in [6, 6.07) is -0.380. The van der Waals surface area contributed by atoms with Crippen LogP contribution in [0.25, 0.3) is 0 Å². The van der Waals surface area contributed by atoms with E-state index in [1.54, 1.807) is 6.92 Å². The highest BCUT2D eigenvalue weighted by molar-refractivity contribution is 5.24. The Hall–Kier alpha value is -1.17. The van der Waals surface area contributed by atoms with Crippen LogP contribution in [-0.2, 0) is 6.42 Å². The Morgan fingerprint density at radius 2 is 1.25 bits per heavy atom. The zero-order valence-corrected chi connectivity index (χ0v) is 8.46. The van der Waals surface area contributed by atoms with Gasteiger partial charge in [-0.3, -0.25) is 0 Å². The van der Waals surface area contributed by atoms with E-state index in [1.165, 1.54) is 0 Å². The molecule has 0 bridgehead atoms. The van der Waals surface area contributed by atoms with Crippen molar-refractivity contribution in [3.63, 3.8) is 0 Å². The molecule has 0 aliphatic carbocycles. The smallest absolute Gasteiger partial charge is 0.200 e. The van der Waals surface area contributed by atoms with E-state index in [0.717, 1.165) is 0 Å². The summed E-state index contributed by atoms with van der Waals surface area (Å²) in [6.45, 7) is 1.58. The van der Waals surface area contributed by atoms with Crippen molar-refractivity contribution in [3.8, 4) is 0 Å². The van der Waals surface area contributed by atoms with Crippen molar-refractivity contribution in [1.29, 1.82) is 0 Å². The molecule has 1 aromatic carbocycles. The molecule has 1 rings (SSSR count). The third-order valence-corrected chi connectivity index (χ3v) is 2.15. The van der Waals surface area contributed by atoms with Crippen molar-refractivity contribution in [2.24, 2.45) is 5.73 Å². The van der Waals surface area contributed by atoms with Crippen LogP contribution in [0.2, 0.25) is 0 Å². The molecule has 1 aromatic rings. The topological polar surface area (TPSA) is 26.0 Å². The molecule has 1 atom stereocenters. The Balaban J connectivity index is 3.18. The lowest BCUT2D eigenvalue weighted by Crippen LogP contribution is -2.17. The Morgan fingerprint density at radius 3 is 1.62 bits per heavy atom. The summed E-state index contributed by atoms with van der Waals surface area (Å²) in [6.07, 6.45) is -0.151. The molecule has 0 spiro atoms. The van der Waals surface area contributed by atoms with Gasteiger partial charge in [-0.1, -0.05) is 0 Å². The number of hydrogen-bond acceptors (Lipinski definition) is 1. The molecule has 16 heavy (non-hydrogen) atoms. The zero-order chi connectivity index (χ0) is 12.5. The van der Waals surface area contributed by atoms with E-state index in [1.807, 2.05) is 0 Å². The summed E-state index contributed by atoms with van der Waals surface area (Å²) in [4.78, 5) is 0. The van der Waals surface area contributed by atoms with Gasteiger partial charge in [-0.2, -0.15) is 0 Å². The lowest BCUT2D eigenvalue weighted by Gasteiger charge is -2.09. The number of rotatable bonds is 3. The summed E-state index contributed by atoms with van der Waals surface area (Å²) in [5.74, 6) is -9.54. The summed E-state index contributed by atoms with van der Waals surface area (Å²) in [5, 5.41) is 0. The number of halogens is 5. The first kappa shape index (κ1) is 12.9. The Bertz CT molecular complexity index is 374. The molecule has 0 amide bonds. The quantitative estimate of drug-likeness (QED) is 0.490. The van der Waals surface area contributed by atoms with Crippen molar-refractivity contribution in [2.75, 3.05) is 0 Å². The minimum Gasteiger partial charge on any atom is -0.328 e. The first-order valence-corrected chi connectivity index (χ1v) is 4.62. The molecule has 0 saturated carbocycles. The summed E-state index contributed by atoms with van der Waals surface area (Å²) in [5.41, 5.74) is 4.53. The molecule has 90 valence electrons. The van der Waals surface area contributed by atoms with Crippen LogP contribution in [0.15, 0.2) is 0 Å². The van der Waals surface area contributed by atoms with Crippen molar-refractivity contribution >= 4 is 0 Å². The van der Waals surface area contributed by atoms with E-state index in [-0.39, 0.29) is 18.9 Å². The predicted octanol–water partition coefficient (Wildman–Crippen LogP) is 2.66. The van der Waals surface area contributed by atoms with Gasteiger partial charge in [0.25, 0.3) is 0 Å². The van der Waals surface area contributed by atoms with Crippen molar-refractivity contribution < 1.29 is 22.0 Å². The molecule has 0 radical (unpaired) electrons. The van der Waals surface area contributed by atoms with Gasteiger partial charge in [0.05, 0.1) is 0 Å². The predicted molar refractivity (Wildman–Crippen MR) is 48.2 cm³/mol. The monoisotopic (exact) mass is 239 g/mol.